The number of benzene rings is 1. The van der Waals surface area contributed by atoms with Crippen LogP contribution in [0, 0.1) is 5.92 Å². The molecule has 17 heavy (non-hydrogen) atoms. The number of likely N-dealkylation sites (N-methyl/N-ethyl adjacent to an activating group) is 1. The molecule has 2 atom stereocenters. The fourth-order valence-electron chi connectivity index (χ4n) is 2.10. The highest BCUT2D eigenvalue weighted by atomic mass is 79.9. The topological polar surface area (TPSA) is 40.5 Å². The fraction of sp³-hybridized carbons (Fsp3) is 0.462. The van der Waals surface area contributed by atoms with Crippen molar-refractivity contribution in [3.05, 3.63) is 34.3 Å². The van der Waals surface area contributed by atoms with Gasteiger partial charge in [-0.05, 0) is 37.6 Å². The molecule has 1 aliphatic rings. The van der Waals surface area contributed by atoms with Crippen molar-refractivity contribution in [3.8, 4) is 0 Å². The second-order valence-corrected chi connectivity index (χ2v) is 5.52. The van der Waals surface area contributed by atoms with Crippen molar-refractivity contribution in [1.82, 2.24) is 4.90 Å². The van der Waals surface area contributed by atoms with Crippen molar-refractivity contribution in [2.45, 2.75) is 18.9 Å². The Bertz CT molecular complexity index is 422. The molecule has 92 valence electrons. The Morgan fingerprint density at radius 2 is 2.35 bits per heavy atom. The Morgan fingerprint density at radius 1 is 1.59 bits per heavy atom. The second-order valence-electron chi connectivity index (χ2n) is 4.61. The summed E-state index contributed by atoms with van der Waals surface area (Å²) in [6.45, 7) is 0.908. The Hall–Kier alpha value is -0.870. The van der Waals surface area contributed by atoms with Gasteiger partial charge in [-0.15, -0.1) is 0 Å². The van der Waals surface area contributed by atoms with Crippen LogP contribution in [0.25, 0.3) is 0 Å². The van der Waals surface area contributed by atoms with Crippen LogP contribution in [-0.2, 0) is 11.2 Å². The van der Waals surface area contributed by atoms with Gasteiger partial charge in [0.15, 0.2) is 0 Å². The van der Waals surface area contributed by atoms with E-state index >= 15 is 0 Å². The predicted molar refractivity (Wildman–Crippen MR) is 70.0 cm³/mol. The first-order valence-electron chi connectivity index (χ1n) is 5.75. The largest absolute Gasteiger partial charge is 0.481 e. The van der Waals surface area contributed by atoms with E-state index in [1.54, 1.807) is 0 Å². The third-order valence-corrected chi connectivity index (χ3v) is 3.78. The molecule has 0 radical (unpaired) electrons. The number of aliphatic carboxylic acids is 1. The van der Waals surface area contributed by atoms with Gasteiger partial charge in [0.05, 0.1) is 5.92 Å². The number of halogens is 1. The van der Waals surface area contributed by atoms with E-state index in [-0.39, 0.29) is 12.0 Å². The quantitative estimate of drug-likeness (QED) is 0.907. The zero-order valence-electron chi connectivity index (χ0n) is 9.77. The SMILES string of the molecule is CN(CCc1cccc(Br)c1)C1CC1C(=O)O. The van der Waals surface area contributed by atoms with Crippen LogP contribution in [0.3, 0.4) is 0 Å². The average molecular weight is 298 g/mol. The lowest BCUT2D eigenvalue weighted by atomic mass is 10.1. The van der Waals surface area contributed by atoms with Crippen LogP contribution in [0.2, 0.25) is 0 Å². The summed E-state index contributed by atoms with van der Waals surface area (Å²) in [4.78, 5) is 12.9. The van der Waals surface area contributed by atoms with Gasteiger partial charge in [-0.2, -0.15) is 0 Å². The Morgan fingerprint density at radius 3 is 2.94 bits per heavy atom. The maximum Gasteiger partial charge on any atom is 0.308 e. The molecular weight excluding hydrogens is 282 g/mol. The van der Waals surface area contributed by atoms with E-state index in [1.165, 1.54) is 5.56 Å². The first kappa shape index (κ1) is 12.6. The summed E-state index contributed by atoms with van der Waals surface area (Å²) in [6.07, 6.45) is 1.75. The van der Waals surface area contributed by atoms with E-state index < -0.39 is 5.97 Å². The molecule has 1 aromatic carbocycles. The monoisotopic (exact) mass is 297 g/mol. The first-order valence-corrected chi connectivity index (χ1v) is 6.54. The number of carboxylic acid groups (broad SMARTS) is 1. The molecule has 0 aromatic heterocycles. The van der Waals surface area contributed by atoms with E-state index in [1.807, 2.05) is 19.2 Å². The molecule has 4 heteroatoms. The molecule has 2 unspecified atom stereocenters. The second kappa shape index (κ2) is 5.19. The summed E-state index contributed by atoms with van der Waals surface area (Å²) < 4.78 is 1.09. The van der Waals surface area contributed by atoms with E-state index in [0.717, 1.165) is 23.9 Å². The molecule has 0 spiro atoms. The summed E-state index contributed by atoms with van der Waals surface area (Å²) >= 11 is 3.45. The maximum absolute atomic E-state index is 10.8. The molecule has 0 heterocycles. The summed E-state index contributed by atoms with van der Waals surface area (Å²) in [6, 6.07) is 8.47. The smallest absolute Gasteiger partial charge is 0.308 e. The van der Waals surface area contributed by atoms with E-state index in [2.05, 4.69) is 33.0 Å². The summed E-state index contributed by atoms with van der Waals surface area (Å²) in [5.74, 6) is -0.813. The van der Waals surface area contributed by atoms with Crippen molar-refractivity contribution < 1.29 is 9.90 Å². The summed E-state index contributed by atoms with van der Waals surface area (Å²) in [5, 5.41) is 8.86. The van der Waals surface area contributed by atoms with Gasteiger partial charge >= 0.3 is 5.97 Å². The lowest BCUT2D eigenvalue weighted by Gasteiger charge is -2.16. The van der Waals surface area contributed by atoms with Crippen molar-refractivity contribution in [2.75, 3.05) is 13.6 Å². The van der Waals surface area contributed by atoms with E-state index in [9.17, 15) is 4.79 Å². The Balaban J connectivity index is 1.81. The van der Waals surface area contributed by atoms with Crippen molar-refractivity contribution in [3.63, 3.8) is 0 Å². The number of rotatable bonds is 5. The highest BCUT2D eigenvalue weighted by Gasteiger charge is 2.45. The third-order valence-electron chi connectivity index (χ3n) is 3.28. The van der Waals surface area contributed by atoms with Crippen LogP contribution in [0.5, 0.6) is 0 Å². The zero-order chi connectivity index (χ0) is 12.4. The van der Waals surface area contributed by atoms with Gasteiger partial charge in [0, 0.05) is 17.1 Å². The Kier molecular flexibility index (Phi) is 3.84. The van der Waals surface area contributed by atoms with E-state index in [0.29, 0.717) is 0 Å². The van der Waals surface area contributed by atoms with Gasteiger partial charge in [-0.3, -0.25) is 4.79 Å². The maximum atomic E-state index is 10.8. The molecule has 1 aromatic rings. The van der Waals surface area contributed by atoms with Gasteiger partial charge in [0.25, 0.3) is 0 Å². The molecule has 0 saturated heterocycles. The van der Waals surface area contributed by atoms with Gasteiger partial charge in [-0.25, -0.2) is 0 Å². The van der Waals surface area contributed by atoms with Crippen LogP contribution < -0.4 is 0 Å². The minimum Gasteiger partial charge on any atom is -0.481 e. The number of hydrogen-bond donors (Lipinski definition) is 1. The van der Waals surface area contributed by atoms with Crippen LogP contribution in [0.1, 0.15) is 12.0 Å². The van der Waals surface area contributed by atoms with Crippen molar-refractivity contribution in [1.29, 1.82) is 0 Å². The van der Waals surface area contributed by atoms with Crippen LogP contribution in [0.4, 0.5) is 0 Å². The van der Waals surface area contributed by atoms with Crippen molar-refractivity contribution >= 4 is 21.9 Å². The van der Waals surface area contributed by atoms with Crippen LogP contribution in [-0.4, -0.2) is 35.6 Å². The molecule has 0 aliphatic heterocycles. The highest BCUT2D eigenvalue weighted by molar-refractivity contribution is 9.10. The lowest BCUT2D eigenvalue weighted by molar-refractivity contribution is -0.138. The molecule has 1 saturated carbocycles. The molecule has 1 N–H and O–H groups in total. The van der Waals surface area contributed by atoms with Gasteiger partial charge in [0.1, 0.15) is 0 Å². The average Bonchev–Trinajstić information content (AvgIpc) is 3.06. The first-order chi connectivity index (χ1) is 8.08. The normalized spacial score (nSPS) is 22.8. The minimum absolute atomic E-state index is 0.150. The molecular formula is C13H16BrNO2. The Labute approximate surface area is 110 Å². The fourth-order valence-corrected chi connectivity index (χ4v) is 2.54. The van der Waals surface area contributed by atoms with Crippen molar-refractivity contribution in [2.24, 2.45) is 5.92 Å². The van der Waals surface area contributed by atoms with E-state index in [4.69, 9.17) is 5.11 Å². The minimum atomic E-state index is -0.663. The standard InChI is InChI=1S/C13H16BrNO2/c1-15(12-8-11(12)13(16)17)6-5-9-3-2-4-10(14)7-9/h2-4,7,11-12H,5-6,8H2,1H3,(H,16,17). The summed E-state index contributed by atoms with van der Waals surface area (Å²) in [7, 11) is 2.01. The summed E-state index contributed by atoms with van der Waals surface area (Å²) in [5.41, 5.74) is 1.28. The third kappa shape index (κ3) is 3.30. The van der Waals surface area contributed by atoms with Crippen LogP contribution >= 0.6 is 15.9 Å². The molecule has 0 bridgehead atoms. The number of carbonyl (C=O) groups is 1. The predicted octanol–water partition coefficient (Wildman–Crippen LogP) is 2.40. The molecule has 1 aliphatic carbocycles. The van der Waals surface area contributed by atoms with Gasteiger partial charge < -0.3 is 10.0 Å². The lowest BCUT2D eigenvalue weighted by Crippen LogP contribution is -2.26. The van der Waals surface area contributed by atoms with Crippen LogP contribution in [0.15, 0.2) is 28.7 Å². The zero-order valence-corrected chi connectivity index (χ0v) is 11.4. The van der Waals surface area contributed by atoms with Gasteiger partial charge in [0.2, 0.25) is 0 Å². The highest BCUT2D eigenvalue weighted by Crippen LogP contribution is 2.35. The molecule has 1 fully saturated rings. The number of hydrogen-bond acceptors (Lipinski definition) is 2. The number of carboxylic acids is 1. The molecule has 0 amide bonds. The number of nitrogens with zero attached hydrogens (tertiary/aromatic N) is 1. The van der Waals surface area contributed by atoms with Gasteiger partial charge in [-0.1, -0.05) is 28.1 Å². The molecule has 2 rings (SSSR count). The molecule has 3 nitrogen and oxygen atoms in total.